The maximum Gasteiger partial charge on any atom is 0.329 e. The van der Waals surface area contributed by atoms with Crippen molar-refractivity contribution >= 4 is 17.7 Å². The van der Waals surface area contributed by atoms with E-state index in [9.17, 15) is 14.7 Å². The quantitative estimate of drug-likeness (QED) is 0.887. The summed E-state index contributed by atoms with van der Waals surface area (Å²) < 4.78 is 0. The summed E-state index contributed by atoms with van der Waals surface area (Å²) in [5.41, 5.74) is 0.771. The number of hydrogen-bond donors (Lipinski definition) is 2. The molecule has 5 heteroatoms. The van der Waals surface area contributed by atoms with Crippen LogP contribution in [0.4, 0.5) is 10.5 Å². The Bertz CT molecular complexity index is 530. The van der Waals surface area contributed by atoms with E-state index in [4.69, 9.17) is 0 Å². The van der Waals surface area contributed by atoms with E-state index in [0.717, 1.165) is 17.7 Å². The summed E-state index contributed by atoms with van der Waals surface area (Å²) in [6.45, 7) is 4.05. The Morgan fingerprint density at radius 2 is 2.10 bits per heavy atom. The van der Waals surface area contributed by atoms with Crippen LogP contribution in [0.15, 0.2) is 24.3 Å². The highest BCUT2D eigenvalue weighted by Crippen LogP contribution is 2.28. The van der Waals surface area contributed by atoms with Gasteiger partial charge in [-0.15, -0.1) is 0 Å². The zero-order chi connectivity index (χ0) is 14.8. The molecule has 0 fully saturated rings. The van der Waals surface area contributed by atoms with Crippen molar-refractivity contribution in [2.45, 2.75) is 38.6 Å². The number of amides is 2. The van der Waals surface area contributed by atoms with Crippen molar-refractivity contribution < 1.29 is 14.7 Å². The van der Waals surface area contributed by atoms with Crippen LogP contribution in [0.2, 0.25) is 0 Å². The second kappa shape index (κ2) is 5.53. The number of nitrogens with zero attached hydrogens (tertiary/aromatic N) is 1. The van der Waals surface area contributed by atoms with Gasteiger partial charge >= 0.3 is 12.0 Å². The SMILES string of the molecule is CCCC(C)(NC(=O)N1CCc2ccccc21)C(=O)O. The van der Waals surface area contributed by atoms with E-state index in [1.54, 1.807) is 11.8 Å². The van der Waals surface area contributed by atoms with Crippen LogP contribution in [0.1, 0.15) is 32.3 Å². The minimum atomic E-state index is -1.22. The van der Waals surface area contributed by atoms with Crippen LogP contribution in [-0.2, 0) is 11.2 Å². The number of hydrogen-bond acceptors (Lipinski definition) is 2. The molecule has 0 spiro atoms. The summed E-state index contributed by atoms with van der Waals surface area (Å²) in [5.74, 6) is -1.000. The molecular weight excluding hydrogens is 256 g/mol. The monoisotopic (exact) mass is 276 g/mol. The Morgan fingerprint density at radius 1 is 1.40 bits per heavy atom. The molecule has 1 aliphatic heterocycles. The van der Waals surface area contributed by atoms with Crippen LogP contribution in [-0.4, -0.2) is 29.2 Å². The van der Waals surface area contributed by atoms with Gasteiger partial charge in [0, 0.05) is 12.2 Å². The van der Waals surface area contributed by atoms with Gasteiger partial charge in [0.25, 0.3) is 0 Å². The van der Waals surface area contributed by atoms with Crippen LogP contribution in [0.25, 0.3) is 0 Å². The Hall–Kier alpha value is -2.04. The number of anilines is 1. The second-order valence-corrected chi connectivity index (χ2v) is 5.35. The summed E-state index contributed by atoms with van der Waals surface area (Å²) in [4.78, 5) is 25.3. The number of fused-ring (bicyclic) bond motifs is 1. The number of rotatable bonds is 4. The third-order valence-electron chi connectivity index (χ3n) is 3.74. The maximum absolute atomic E-state index is 12.4. The van der Waals surface area contributed by atoms with Crippen LogP contribution < -0.4 is 10.2 Å². The number of carboxylic acids is 1. The smallest absolute Gasteiger partial charge is 0.329 e. The van der Waals surface area contributed by atoms with Gasteiger partial charge < -0.3 is 10.4 Å². The molecule has 1 aromatic rings. The zero-order valence-corrected chi connectivity index (χ0v) is 11.8. The molecule has 1 atom stereocenters. The largest absolute Gasteiger partial charge is 0.480 e. The fraction of sp³-hybridized carbons (Fsp3) is 0.467. The Morgan fingerprint density at radius 3 is 2.75 bits per heavy atom. The van der Waals surface area contributed by atoms with Gasteiger partial charge in [0.2, 0.25) is 0 Å². The van der Waals surface area contributed by atoms with Crippen LogP contribution >= 0.6 is 0 Å². The molecule has 0 aliphatic carbocycles. The number of nitrogens with one attached hydrogen (secondary N) is 1. The fourth-order valence-electron chi connectivity index (χ4n) is 2.58. The highest BCUT2D eigenvalue weighted by atomic mass is 16.4. The minimum Gasteiger partial charge on any atom is -0.480 e. The van der Waals surface area contributed by atoms with Crippen molar-refractivity contribution in [2.24, 2.45) is 0 Å². The molecule has 1 heterocycles. The molecule has 20 heavy (non-hydrogen) atoms. The van der Waals surface area contributed by atoms with Gasteiger partial charge in [-0.25, -0.2) is 9.59 Å². The van der Waals surface area contributed by atoms with Crippen molar-refractivity contribution in [1.82, 2.24) is 5.32 Å². The van der Waals surface area contributed by atoms with Crippen molar-refractivity contribution in [3.8, 4) is 0 Å². The van der Waals surface area contributed by atoms with Crippen molar-refractivity contribution in [1.29, 1.82) is 0 Å². The number of carbonyl (C=O) groups is 2. The van der Waals surface area contributed by atoms with Crippen LogP contribution in [0, 0.1) is 0 Å². The van der Waals surface area contributed by atoms with E-state index in [1.807, 2.05) is 31.2 Å². The van der Waals surface area contributed by atoms with E-state index >= 15 is 0 Å². The fourth-order valence-corrected chi connectivity index (χ4v) is 2.58. The lowest BCUT2D eigenvalue weighted by Crippen LogP contribution is -2.56. The molecule has 1 aromatic carbocycles. The molecule has 1 unspecified atom stereocenters. The summed E-state index contributed by atoms with van der Waals surface area (Å²) in [6, 6.07) is 7.37. The van der Waals surface area contributed by atoms with Gasteiger partial charge in [-0.3, -0.25) is 4.90 Å². The molecular formula is C15H20N2O3. The predicted molar refractivity (Wildman–Crippen MR) is 77.0 cm³/mol. The second-order valence-electron chi connectivity index (χ2n) is 5.35. The molecule has 2 amide bonds. The van der Waals surface area contributed by atoms with E-state index in [0.29, 0.717) is 19.4 Å². The number of aliphatic carboxylic acids is 1. The minimum absolute atomic E-state index is 0.340. The Kier molecular flexibility index (Phi) is 3.97. The first-order valence-electron chi connectivity index (χ1n) is 6.89. The van der Waals surface area contributed by atoms with E-state index in [2.05, 4.69) is 5.32 Å². The Labute approximate surface area is 118 Å². The molecule has 2 N–H and O–H groups in total. The molecule has 0 saturated carbocycles. The molecule has 0 aromatic heterocycles. The maximum atomic E-state index is 12.4. The molecule has 2 rings (SSSR count). The van der Waals surface area contributed by atoms with Gasteiger partial charge in [-0.1, -0.05) is 31.5 Å². The van der Waals surface area contributed by atoms with Crippen molar-refractivity contribution in [3.63, 3.8) is 0 Å². The normalized spacial score (nSPS) is 16.4. The number of carbonyl (C=O) groups excluding carboxylic acids is 1. The van der Waals surface area contributed by atoms with Crippen molar-refractivity contribution in [3.05, 3.63) is 29.8 Å². The van der Waals surface area contributed by atoms with Gasteiger partial charge in [0.15, 0.2) is 0 Å². The van der Waals surface area contributed by atoms with Crippen LogP contribution in [0.5, 0.6) is 0 Å². The standard InChI is InChI=1S/C15H20N2O3/c1-3-9-15(2,13(18)19)16-14(20)17-10-8-11-6-4-5-7-12(11)17/h4-7H,3,8-10H2,1-2H3,(H,16,20)(H,18,19). The predicted octanol–water partition coefficient (Wildman–Crippen LogP) is 2.40. The first-order valence-corrected chi connectivity index (χ1v) is 6.89. The summed E-state index contributed by atoms with van der Waals surface area (Å²) in [7, 11) is 0. The molecule has 1 aliphatic rings. The lowest BCUT2D eigenvalue weighted by Gasteiger charge is -2.29. The van der Waals surface area contributed by atoms with Gasteiger partial charge in [-0.2, -0.15) is 0 Å². The first kappa shape index (κ1) is 14.4. The number of benzene rings is 1. The number of para-hydroxylation sites is 1. The summed E-state index contributed by atoms with van der Waals surface area (Å²) in [6.07, 6.45) is 1.91. The lowest BCUT2D eigenvalue weighted by molar-refractivity contribution is -0.144. The third-order valence-corrected chi connectivity index (χ3v) is 3.74. The van der Waals surface area contributed by atoms with E-state index in [-0.39, 0.29) is 6.03 Å². The third kappa shape index (κ3) is 2.61. The molecule has 5 nitrogen and oxygen atoms in total. The van der Waals surface area contributed by atoms with Crippen LogP contribution in [0.3, 0.4) is 0 Å². The molecule has 0 bridgehead atoms. The van der Waals surface area contributed by atoms with Gasteiger partial charge in [-0.05, 0) is 31.4 Å². The summed E-state index contributed by atoms with van der Waals surface area (Å²) >= 11 is 0. The average Bonchev–Trinajstić information content (AvgIpc) is 2.82. The van der Waals surface area contributed by atoms with E-state index in [1.165, 1.54) is 0 Å². The highest BCUT2D eigenvalue weighted by Gasteiger charge is 2.36. The summed E-state index contributed by atoms with van der Waals surface area (Å²) in [5, 5.41) is 12.0. The molecule has 0 radical (unpaired) electrons. The Balaban J connectivity index is 2.15. The topological polar surface area (TPSA) is 69.6 Å². The van der Waals surface area contributed by atoms with Gasteiger partial charge in [0.05, 0.1) is 0 Å². The molecule has 108 valence electrons. The zero-order valence-electron chi connectivity index (χ0n) is 11.8. The number of urea groups is 1. The van der Waals surface area contributed by atoms with Crippen molar-refractivity contribution in [2.75, 3.05) is 11.4 Å². The van der Waals surface area contributed by atoms with E-state index < -0.39 is 11.5 Å². The molecule has 0 saturated heterocycles. The first-order chi connectivity index (χ1) is 9.48. The number of carboxylic acid groups (broad SMARTS) is 1. The van der Waals surface area contributed by atoms with Gasteiger partial charge in [0.1, 0.15) is 5.54 Å². The lowest BCUT2D eigenvalue weighted by atomic mass is 9.96. The average molecular weight is 276 g/mol. The highest BCUT2D eigenvalue weighted by molar-refractivity contribution is 5.97.